The van der Waals surface area contributed by atoms with E-state index in [1.807, 2.05) is 56.7 Å². The zero-order valence-corrected chi connectivity index (χ0v) is 11.5. The lowest BCUT2D eigenvalue weighted by Crippen LogP contribution is -2.36. The van der Waals surface area contributed by atoms with E-state index in [0.29, 0.717) is 6.54 Å². The van der Waals surface area contributed by atoms with Crippen LogP contribution in [0, 0.1) is 0 Å². The number of aryl methyl sites for hydroxylation is 1. The summed E-state index contributed by atoms with van der Waals surface area (Å²) < 4.78 is 1.80. The van der Waals surface area contributed by atoms with Gasteiger partial charge in [0.05, 0.1) is 11.8 Å². The quantitative estimate of drug-likeness (QED) is 0.772. The SMILES string of the molecule is Cn1cc(CCNCC(C)(O)c2ccccc2)cn1. The Bertz CT molecular complexity index is 505. The van der Waals surface area contributed by atoms with Gasteiger partial charge < -0.3 is 10.4 Å². The van der Waals surface area contributed by atoms with E-state index in [-0.39, 0.29) is 0 Å². The molecule has 4 heteroatoms. The maximum atomic E-state index is 10.4. The lowest BCUT2D eigenvalue weighted by atomic mass is 9.96. The van der Waals surface area contributed by atoms with Gasteiger partial charge in [0, 0.05) is 19.8 Å². The van der Waals surface area contributed by atoms with Gasteiger partial charge in [0.1, 0.15) is 0 Å². The van der Waals surface area contributed by atoms with Crippen molar-refractivity contribution in [2.24, 2.45) is 7.05 Å². The van der Waals surface area contributed by atoms with Crippen molar-refractivity contribution in [2.45, 2.75) is 18.9 Å². The van der Waals surface area contributed by atoms with Crippen LogP contribution in [0.3, 0.4) is 0 Å². The van der Waals surface area contributed by atoms with E-state index in [2.05, 4.69) is 10.4 Å². The number of hydrogen-bond acceptors (Lipinski definition) is 3. The number of rotatable bonds is 6. The van der Waals surface area contributed by atoms with Gasteiger partial charge in [0.25, 0.3) is 0 Å². The molecule has 1 unspecified atom stereocenters. The second kappa shape index (κ2) is 5.99. The van der Waals surface area contributed by atoms with Crippen LogP contribution in [0.1, 0.15) is 18.1 Å². The average molecular weight is 259 g/mol. The normalized spacial score (nSPS) is 14.3. The van der Waals surface area contributed by atoms with E-state index in [4.69, 9.17) is 0 Å². The number of nitrogens with zero attached hydrogens (tertiary/aromatic N) is 2. The number of hydrogen-bond donors (Lipinski definition) is 2. The Hall–Kier alpha value is -1.65. The predicted octanol–water partition coefficient (Wildman–Crippen LogP) is 1.46. The highest BCUT2D eigenvalue weighted by Gasteiger charge is 2.21. The largest absolute Gasteiger partial charge is 0.384 e. The average Bonchev–Trinajstić information content (AvgIpc) is 2.82. The molecule has 1 atom stereocenters. The van der Waals surface area contributed by atoms with Gasteiger partial charge in [-0.2, -0.15) is 5.10 Å². The first kappa shape index (κ1) is 13.8. The fourth-order valence-electron chi connectivity index (χ4n) is 2.06. The summed E-state index contributed by atoms with van der Waals surface area (Å²) in [5, 5.41) is 17.8. The van der Waals surface area contributed by atoms with Crippen LogP contribution in [0.4, 0.5) is 0 Å². The molecule has 0 aliphatic heterocycles. The van der Waals surface area contributed by atoms with Crippen LogP contribution in [0.2, 0.25) is 0 Å². The topological polar surface area (TPSA) is 50.1 Å². The summed E-state index contributed by atoms with van der Waals surface area (Å²) in [7, 11) is 1.91. The Kier molecular flexibility index (Phi) is 4.35. The van der Waals surface area contributed by atoms with E-state index in [9.17, 15) is 5.11 Å². The van der Waals surface area contributed by atoms with Gasteiger partial charge in [-0.3, -0.25) is 4.68 Å². The molecule has 0 aliphatic carbocycles. The number of aromatic nitrogens is 2. The van der Waals surface area contributed by atoms with Crippen molar-refractivity contribution in [3.05, 3.63) is 53.9 Å². The summed E-state index contributed by atoms with van der Waals surface area (Å²) in [5.74, 6) is 0. The molecule has 19 heavy (non-hydrogen) atoms. The van der Waals surface area contributed by atoms with Crippen molar-refractivity contribution < 1.29 is 5.11 Å². The van der Waals surface area contributed by atoms with Crippen molar-refractivity contribution >= 4 is 0 Å². The van der Waals surface area contributed by atoms with Crippen molar-refractivity contribution in [3.8, 4) is 0 Å². The molecule has 0 amide bonds. The maximum Gasteiger partial charge on any atom is 0.0992 e. The Morgan fingerprint density at radius 2 is 2.05 bits per heavy atom. The van der Waals surface area contributed by atoms with Gasteiger partial charge in [0.2, 0.25) is 0 Å². The Morgan fingerprint density at radius 1 is 1.32 bits per heavy atom. The molecule has 102 valence electrons. The van der Waals surface area contributed by atoms with Crippen molar-refractivity contribution in [3.63, 3.8) is 0 Å². The van der Waals surface area contributed by atoms with Crippen LogP contribution >= 0.6 is 0 Å². The molecule has 2 N–H and O–H groups in total. The zero-order chi connectivity index (χ0) is 13.7. The van der Waals surface area contributed by atoms with Gasteiger partial charge >= 0.3 is 0 Å². The summed E-state index contributed by atoms with van der Waals surface area (Å²) in [6.07, 6.45) is 4.80. The van der Waals surface area contributed by atoms with Crippen LogP contribution in [-0.4, -0.2) is 28.0 Å². The molecule has 2 rings (SSSR count). The van der Waals surface area contributed by atoms with E-state index in [1.165, 1.54) is 5.56 Å². The summed E-state index contributed by atoms with van der Waals surface area (Å²) in [4.78, 5) is 0. The summed E-state index contributed by atoms with van der Waals surface area (Å²) >= 11 is 0. The predicted molar refractivity (Wildman–Crippen MR) is 75.8 cm³/mol. The fourth-order valence-corrected chi connectivity index (χ4v) is 2.06. The van der Waals surface area contributed by atoms with Gasteiger partial charge in [-0.1, -0.05) is 30.3 Å². The monoisotopic (exact) mass is 259 g/mol. The van der Waals surface area contributed by atoms with E-state index in [1.54, 1.807) is 4.68 Å². The minimum absolute atomic E-state index is 0.539. The van der Waals surface area contributed by atoms with Crippen molar-refractivity contribution in [2.75, 3.05) is 13.1 Å². The summed E-state index contributed by atoms with van der Waals surface area (Å²) in [5.41, 5.74) is 1.30. The molecule has 0 spiro atoms. The minimum Gasteiger partial charge on any atom is -0.384 e. The van der Waals surface area contributed by atoms with Crippen LogP contribution in [-0.2, 0) is 19.1 Å². The molecule has 0 bridgehead atoms. The molecule has 4 nitrogen and oxygen atoms in total. The lowest BCUT2D eigenvalue weighted by molar-refractivity contribution is 0.0573. The Morgan fingerprint density at radius 3 is 2.68 bits per heavy atom. The zero-order valence-electron chi connectivity index (χ0n) is 11.5. The Labute approximate surface area is 114 Å². The van der Waals surface area contributed by atoms with Gasteiger partial charge in [0.15, 0.2) is 0 Å². The third-order valence-electron chi connectivity index (χ3n) is 3.21. The lowest BCUT2D eigenvalue weighted by Gasteiger charge is -2.24. The second-order valence-electron chi connectivity index (χ2n) is 5.09. The van der Waals surface area contributed by atoms with E-state index in [0.717, 1.165) is 18.5 Å². The molecule has 0 saturated heterocycles. The molecule has 0 fully saturated rings. The third kappa shape index (κ3) is 3.91. The van der Waals surface area contributed by atoms with Gasteiger partial charge in [-0.05, 0) is 31.0 Å². The van der Waals surface area contributed by atoms with Crippen molar-refractivity contribution in [1.29, 1.82) is 0 Å². The Balaban J connectivity index is 1.79. The molecular formula is C15H21N3O. The first-order valence-corrected chi connectivity index (χ1v) is 6.54. The van der Waals surface area contributed by atoms with Crippen LogP contribution < -0.4 is 5.32 Å². The molecule has 0 radical (unpaired) electrons. The summed E-state index contributed by atoms with van der Waals surface area (Å²) in [6.45, 7) is 3.20. The smallest absolute Gasteiger partial charge is 0.0992 e. The second-order valence-corrected chi connectivity index (χ2v) is 5.09. The molecule has 1 aromatic carbocycles. The molecule has 2 aromatic rings. The van der Waals surface area contributed by atoms with Crippen molar-refractivity contribution in [1.82, 2.24) is 15.1 Å². The summed E-state index contributed by atoms with van der Waals surface area (Å²) in [6, 6.07) is 9.74. The molecule has 0 aliphatic rings. The van der Waals surface area contributed by atoms with Gasteiger partial charge in [-0.25, -0.2) is 0 Å². The van der Waals surface area contributed by atoms with Crippen LogP contribution in [0.5, 0.6) is 0 Å². The number of benzene rings is 1. The standard InChI is InChI=1S/C15H21N3O/c1-15(19,14-6-4-3-5-7-14)12-16-9-8-13-10-17-18(2)11-13/h3-7,10-11,16,19H,8-9,12H2,1-2H3. The highest BCUT2D eigenvalue weighted by atomic mass is 16.3. The minimum atomic E-state index is -0.837. The highest BCUT2D eigenvalue weighted by Crippen LogP contribution is 2.18. The molecule has 1 aromatic heterocycles. The van der Waals surface area contributed by atoms with E-state index < -0.39 is 5.60 Å². The van der Waals surface area contributed by atoms with E-state index >= 15 is 0 Å². The first-order valence-electron chi connectivity index (χ1n) is 6.54. The number of aliphatic hydroxyl groups is 1. The fraction of sp³-hybridized carbons (Fsp3) is 0.400. The number of nitrogens with one attached hydrogen (secondary N) is 1. The van der Waals surface area contributed by atoms with Crippen LogP contribution in [0.25, 0.3) is 0 Å². The first-order chi connectivity index (χ1) is 9.08. The molecular weight excluding hydrogens is 238 g/mol. The highest BCUT2D eigenvalue weighted by molar-refractivity contribution is 5.21. The third-order valence-corrected chi connectivity index (χ3v) is 3.21. The van der Waals surface area contributed by atoms with Crippen LogP contribution in [0.15, 0.2) is 42.7 Å². The molecule has 1 heterocycles. The molecule has 0 saturated carbocycles. The van der Waals surface area contributed by atoms with Gasteiger partial charge in [-0.15, -0.1) is 0 Å². The maximum absolute atomic E-state index is 10.4.